The Kier molecular flexibility index (Phi) is 4.63. The predicted molar refractivity (Wildman–Crippen MR) is 102 cm³/mol. The summed E-state index contributed by atoms with van der Waals surface area (Å²) in [5.74, 6) is 0. The molecular formula is C20H28N4O. The number of benzene rings is 1. The molecule has 5 heteroatoms. The highest BCUT2D eigenvalue weighted by atomic mass is 16.1. The average molecular weight is 340 g/mol. The lowest BCUT2D eigenvalue weighted by atomic mass is 10.1. The molecule has 0 aliphatic carbocycles. The van der Waals surface area contributed by atoms with Crippen molar-refractivity contribution in [3.05, 3.63) is 45.2 Å². The van der Waals surface area contributed by atoms with Crippen LogP contribution in [-0.4, -0.2) is 60.1 Å². The van der Waals surface area contributed by atoms with E-state index in [1.54, 1.807) is 6.07 Å². The molecule has 2 N–H and O–H groups in total. The van der Waals surface area contributed by atoms with Crippen molar-refractivity contribution in [3.8, 4) is 0 Å². The molecule has 2 aliphatic rings. The van der Waals surface area contributed by atoms with Crippen LogP contribution in [0.4, 0.5) is 0 Å². The van der Waals surface area contributed by atoms with Gasteiger partial charge in [0.2, 0.25) is 0 Å². The minimum Gasteiger partial charge on any atom is -0.357 e. The van der Waals surface area contributed by atoms with Crippen LogP contribution in [0.5, 0.6) is 0 Å². The van der Waals surface area contributed by atoms with E-state index in [2.05, 4.69) is 33.1 Å². The van der Waals surface area contributed by atoms with E-state index in [9.17, 15) is 4.79 Å². The molecule has 0 unspecified atom stereocenters. The number of aromatic amines is 1. The Labute approximate surface area is 149 Å². The highest BCUT2D eigenvalue weighted by Crippen LogP contribution is 2.18. The fourth-order valence-electron chi connectivity index (χ4n) is 4.32. The highest BCUT2D eigenvalue weighted by molar-refractivity contribution is 5.82. The number of nitrogens with one attached hydrogen (secondary N) is 2. The first-order valence-corrected chi connectivity index (χ1v) is 9.40. The zero-order chi connectivity index (χ0) is 17.4. The van der Waals surface area contributed by atoms with Gasteiger partial charge in [0, 0.05) is 62.5 Å². The van der Waals surface area contributed by atoms with Gasteiger partial charge in [0.25, 0.3) is 0 Å². The lowest BCUT2D eigenvalue weighted by Gasteiger charge is -2.37. The molecule has 2 aliphatic heterocycles. The summed E-state index contributed by atoms with van der Waals surface area (Å²) in [5, 5.41) is 4.26. The third-order valence-corrected chi connectivity index (χ3v) is 5.69. The van der Waals surface area contributed by atoms with E-state index in [4.69, 9.17) is 0 Å². The smallest absolute Gasteiger partial charge is 0.189 e. The Hall–Kier alpha value is -1.69. The van der Waals surface area contributed by atoms with Gasteiger partial charge < -0.3 is 10.3 Å². The molecule has 5 nitrogen and oxygen atoms in total. The van der Waals surface area contributed by atoms with Crippen LogP contribution in [0.3, 0.4) is 0 Å². The van der Waals surface area contributed by atoms with E-state index in [0.29, 0.717) is 6.04 Å². The number of rotatable bonds is 3. The third-order valence-electron chi connectivity index (χ3n) is 5.69. The largest absolute Gasteiger partial charge is 0.357 e. The first-order chi connectivity index (χ1) is 12.1. The van der Waals surface area contributed by atoms with Gasteiger partial charge in [-0.2, -0.15) is 0 Å². The number of aryl methyl sites for hydroxylation is 2. The van der Waals surface area contributed by atoms with Gasteiger partial charge in [-0.25, -0.2) is 0 Å². The van der Waals surface area contributed by atoms with E-state index in [-0.39, 0.29) is 5.43 Å². The summed E-state index contributed by atoms with van der Waals surface area (Å²) in [6, 6.07) is 6.62. The summed E-state index contributed by atoms with van der Waals surface area (Å²) in [6.45, 7) is 11.6. The van der Waals surface area contributed by atoms with Crippen molar-refractivity contribution in [2.75, 3.05) is 39.3 Å². The van der Waals surface area contributed by atoms with E-state index < -0.39 is 0 Å². The SMILES string of the molecule is Cc1cc(C)c2[nH]c(CN3CCN([C@H]4CCNC4)CC3)cc(=O)c2c1. The minimum absolute atomic E-state index is 0.131. The van der Waals surface area contributed by atoms with Gasteiger partial charge in [0.05, 0.1) is 5.52 Å². The van der Waals surface area contributed by atoms with Gasteiger partial charge in [0.15, 0.2) is 5.43 Å². The monoisotopic (exact) mass is 340 g/mol. The molecule has 1 atom stereocenters. The molecule has 2 saturated heterocycles. The van der Waals surface area contributed by atoms with Gasteiger partial charge in [0.1, 0.15) is 0 Å². The zero-order valence-electron chi connectivity index (χ0n) is 15.3. The number of nitrogens with zero attached hydrogens (tertiary/aromatic N) is 2. The number of pyridine rings is 1. The van der Waals surface area contributed by atoms with Crippen LogP contribution in [-0.2, 0) is 6.54 Å². The second kappa shape index (κ2) is 6.90. The van der Waals surface area contributed by atoms with Gasteiger partial charge >= 0.3 is 0 Å². The average Bonchev–Trinajstić information content (AvgIpc) is 3.11. The van der Waals surface area contributed by atoms with E-state index in [1.165, 1.54) is 6.42 Å². The minimum atomic E-state index is 0.131. The Morgan fingerprint density at radius 3 is 2.64 bits per heavy atom. The summed E-state index contributed by atoms with van der Waals surface area (Å²) < 4.78 is 0. The standard InChI is InChI=1S/C20H28N4O/c1-14-9-15(2)20-18(10-14)19(25)11-16(22-20)13-23-5-7-24(8-6-23)17-3-4-21-12-17/h9-11,17,21H,3-8,12-13H2,1-2H3,(H,22,25)/t17-/m0/s1. The molecule has 0 amide bonds. The molecule has 1 aromatic heterocycles. The molecular weight excluding hydrogens is 312 g/mol. The maximum absolute atomic E-state index is 12.5. The van der Waals surface area contributed by atoms with Crippen LogP contribution in [0.1, 0.15) is 23.2 Å². The number of piperazine rings is 1. The zero-order valence-corrected chi connectivity index (χ0v) is 15.3. The number of H-pyrrole nitrogens is 1. The first-order valence-electron chi connectivity index (χ1n) is 9.40. The molecule has 0 radical (unpaired) electrons. The lowest BCUT2D eigenvalue weighted by Crippen LogP contribution is -2.50. The van der Waals surface area contributed by atoms with Gasteiger partial charge in [-0.15, -0.1) is 0 Å². The fraction of sp³-hybridized carbons (Fsp3) is 0.550. The second-order valence-corrected chi connectivity index (χ2v) is 7.62. The van der Waals surface area contributed by atoms with Crippen LogP contribution >= 0.6 is 0 Å². The normalized spacial score (nSPS) is 22.7. The number of hydrogen-bond acceptors (Lipinski definition) is 4. The molecule has 2 aromatic rings. The molecule has 4 rings (SSSR count). The molecule has 0 spiro atoms. The Morgan fingerprint density at radius 1 is 1.12 bits per heavy atom. The summed E-state index contributed by atoms with van der Waals surface area (Å²) in [5.41, 5.74) is 4.43. The quantitative estimate of drug-likeness (QED) is 0.892. The number of hydrogen-bond donors (Lipinski definition) is 2. The van der Waals surface area contributed by atoms with Crippen LogP contribution in [0.25, 0.3) is 10.9 Å². The van der Waals surface area contributed by atoms with Crippen molar-refractivity contribution >= 4 is 10.9 Å². The Bertz CT molecular complexity index is 814. The van der Waals surface area contributed by atoms with Crippen molar-refractivity contribution in [1.82, 2.24) is 20.1 Å². The predicted octanol–water partition coefficient (Wildman–Crippen LogP) is 1.62. The van der Waals surface area contributed by atoms with E-state index >= 15 is 0 Å². The molecule has 0 saturated carbocycles. The third kappa shape index (κ3) is 3.50. The molecule has 134 valence electrons. The van der Waals surface area contributed by atoms with Gasteiger partial charge in [-0.3, -0.25) is 14.6 Å². The fourth-order valence-corrected chi connectivity index (χ4v) is 4.32. The van der Waals surface area contributed by atoms with Crippen LogP contribution in [0, 0.1) is 13.8 Å². The molecule has 25 heavy (non-hydrogen) atoms. The summed E-state index contributed by atoms with van der Waals surface area (Å²) in [7, 11) is 0. The van der Waals surface area contributed by atoms with Gasteiger partial charge in [-0.1, -0.05) is 6.07 Å². The summed E-state index contributed by atoms with van der Waals surface area (Å²) in [6.07, 6.45) is 1.27. The van der Waals surface area contributed by atoms with Crippen molar-refractivity contribution in [2.45, 2.75) is 32.9 Å². The molecule has 1 aromatic carbocycles. The summed E-state index contributed by atoms with van der Waals surface area (Å²) >= 11 is 0. The van der Waals surface area contributed by atoms with Crippen molar-refractivity contribution < 1.29 is 0 Å². The van der Waals surface area contributed by atoms with E-state index in [0.717, 1.165) is 73.5 Å². The topological polar surface area (TPSA) is 51.4 Å². The van der Waals surface area contributed by atoms with Crippen LogP contribution < -0.4 is 10.7 Å². The molecule has 2 fully saturated rings. The molecule has 3 heterocycles. The maximum atomic E-state index is 12.5. The van der Waals surface area contributed by atoms with Crippen molar-refractivity contribution in [3.63, 3.8) is 0 Å². The summed E-state index contributed by atoms with van der Waals surface area (Å²) in [4.78, 5) is 21.1. The van der Waals surface area contributed by atoms with E-state index in [1.807, 2.05) is 13.0 Å². The number of fused-ring (bicyclic) bond motifs is 1. The Balaban J connectivity index is 1.47. The van der Waals surface area contributed by atoms with Crippen LogP contribution in [0.15, 0.2) is 23.0 Å². The van der Waals surface area contributed by atoms with Gasteiger partial charge in [-0.05, 0) is 44.0 Å². The van der Waals surface area contributed by atoms with Crippen LogP contribution in [0.2, 0.25) is 0 Å². The highest BCUT2D eigenvalue weighted by Gasteiger charge is 2.26. The lowest BCUT2D eigenvalue weighted by molar-refractivity contribution is 0.0974. The number of aromatic nitrogens is 1. The van der Waals surface area contributed by atoms with Crippen molar-refractivity contribution in [1.29, 1.82) is 0 Å². The first kappa shape index (κ1) is 16.8. The molecule has 0 bridgehead atoms. The van der Waals surface area contributed by atoms with Crippen molar-refractivity contribution in [2.24, 2.45) is 0 Å². The maximum Gasteiger partial charge on any atom is 0.189 e. The second-order valence-electron chi connectivity index (χ2n) is 7.62. The Morgan fingerprint density at radius 2 is 1.92 bits per heavy atom.